The molecule has 1 aliphatic rings. The van der Waals surface area contributed by atoms with Gasteiger partial charge in [0.05, 0.1) is 6.10 Å². The van der Waals surface area contributed by atoms with Crippen LogP contribution in [0.25, 0.3) is 16.7 Å². The molecule has 1 aliphatic carbocycles. The van der Waals surface area contributed by atoms with Crippen molar-refractivity contribution in [3.8, 4) is 11.1 Å². The lowest BCUT2D eigenvalue weighted by atomic mass is 9.95. The van der Waals surface area contributed by atoms with Crippen molar-refractivity contribution in [1.29, 1.82) is 0 Å². The van der Waals surface area contributed by atoms with Crippen LogP contribution in [0.5, 0.6) is 0 Å². The highest BCUT2D eigenvalue weighted by Crippen LogP contribution is 2.48. The van der Waals surface area contributed by atoms with Crippen molar-refractivity contribution in [3.63, 3.8) is 0 Å². The van der Waals surface area contributed by atoms with Gasteiger partial charge in [-0.1, -0.05) is 35.3 Å². The predicted molar refractivity (Wildman–Crippen MR) is 88.7 cm³/mol. The zero-order chi connectivity index (χ0) is 15.1. The second kappa shape index (κ2) is 5.47. The van der Waals surface area contributed by atoms with Gasteiger partial charge in [0.15, 0.2) is 0 Å². The number of nitrogens with two attached hydrogens (primary N) is 1. The van der Waals surface area contributed by atoms with Crippen LogP contribution in [-0.2, 0) is 0 Å². The third-order valence-electron chi connectivity index (χ3n) is 3.84. The Hall–Kier alpha value is -1.32. The highest BCUT2D eigenvalue weighted by molar-refractivity contribution is 6.32. The van der Waals surface area contributed by atoms with Gasteiger partial charge < -0.3 is 10.8 Å². The maximum atomic E-state index is 10.2. The predicted octanol–water partition coefficient (Wildman–Crippen LogP) is 4.42. The summed E-state index contributed by atoms with van der Waals surface area (Å²) in [6.07, 6.45) is 1.30. The summed E-state index contributed by atoms with van der Waals surface area (Å²) in [6.45, 7) is 2.13. The van der Waals surface area contributed by atoms with Crippen LogP contribution in [0.4, 0.5) is 0 Å². The molecule has 0 amide bonds. The van der Waals surface area contributed by atoms with E-state index in [4.69, 9.17) is 28.9 Å². The number of aliphatic hydroxyl groups is 1. The number of aliphatic hydroxyl groups excluding tert-OH is 1. The summed E-state index contributed by atoms with van der Waals surface area (Å²) in [7, 11) is 0. The summed E-state index contributed by atoms with van der Waals surface area (Å²) in [5, 5.41) is 11.5. The standard InChI is InChI=1S/C17H15Cl2NO/c1-2-11-13-5-9(18)3-4-12(13)17-14(11)6-10(19)7-15(17)16(21)8-20/h2-7,16,21H,8,20H2,1H3/b11-2+. The number of benzene rings is 2. The van der Waals surface area contributed by atoms with E-state index in [0.717, 1.165) is 33.4 Å². The van der Waals surface area contributed by atoms with Crippen molar-refractivity contribution in [1.82, 2.24) is 0 Å². The lowest BCUT2D eigenvalue weighted by Gasteiger charge is -2.15. The molecule has 108 valence electrons. The molecule has 0 saturated carbocycles. The second-order valence-corrected chi connectivity index (χ2v) is 5.93. The van der Waals surface area contributed by atoms with Crippen molar-refractivity contribution in [3.05, 3.63) is 63.1 Å². The Kier molecular flexibility index (Phi) is 3.80. The molecule has 3 N–H and O–H groups in total. The molecule has 2 aromatic rings. The summed E-state index contributed by atoms with van der Waals surface area (Å²) >= 11 is 12.3. The SMILES string of the molecule is C/C=C1\c2cc(Cl)ccc2-c2c1cc(Cl)cc2C(O)CN. The molecule has 0 spiro atoms. The van der Waals surface area contributed by atoms with Gasteiger partial charge in [-0.2, -0.15) is 0 Å². The van der Waals surface area contributed by atoms with Crippen LogP contribution in [0.3, 0.4) is 0 Å². The third kappa shape index (κ3) is 2.29. The fourth-order valence-corrected chi connectivity index (χ4v) is 3.34. The van der Waals surface area contributed by atoms with Crippen molar-refractivity contribution >= 4 is 28.8 Å². The van der Waals surface area contributed by atoms with Gasteiger partial charge >= 0.3 is 0 Å². The van der Waals surface area contributed by atoms with Crippen molar-refractivity contribution < 1.29 is 5.11 Å². The van der Waals surface area contributed by atoms with Gasteiger partial charge in [-0.25, -0.2) is 0 Å². The van der Waals surface area contributed by atoms with E-state index in [9.17, 15) is 5.11 Å². The molecule has 0 heterocycles. The number of halogens is 2. The smallest absolute Gasteiger partial charge is 0.0918 e. The van der Waals surface area contributed by atoms with E-state index >= 15 is 0 Å². The minimum absolute atomic E-state index is 0.154. The topological polar surface area (TPSA) is 46.2 Å². The Bertz CT molecular complexity index is 753. The van der Waals surface area contributed by atoms with E-state index in [1.807, 2.05) is 37.3 Å². The average Bonchev–Trinajstić information content (AvgIpc) is 2.77. The van der Waals surface area contributed by atoms with Gasteiger partial charge in [-0.15, -0.1) is 0 Å². The molecule has 0 saturated heterocycles. The maximum Gasteiger partial charge on any atom is 0.0918 e. The number of hydrogen-bond donors (Lipinski definition) is 2. The summed E-state index contributed by atoms with van der Waals surface area (Å²) in [5.74, 6) is 0. The molecule has 4 heteroatoms. The van der Waals surface area contributed by atoms with Crippen LogP contribution in [0.1, 0.15) is 29.7 Å². The minimum atomic E-state index is -0.739. The molecule has 2 aromatic carbocycles. The van der Waals surface area contributed by atoms with Gasteiger partial charge in [0, 0.05) is 16.6 Å². The first-order valence-corrected chi connectivity index (χ1v) is 7.51. The van der Waals surface area contributed by atoms with Crippen LogP contribution in [0, 0.1) is 0 Å². The largest absolute Gasteiger partial charge is 0.387 e. The Balaban J connectivity index is 2.37. The monoisotopic (exact) mass is 319 g/mol. The van der Waals surface area contributed by atoms with E-state index in [1.165, 1.54) is 0 Å². The Morgan fingerprint density at radius 1 is 1.10 bits per heavy atom. The summed E-state index contributed by atoms with van der Waals surface area (Å²) < 4.78 is 0. The lowest BCUT2D eigenvalue weighted by molar-refractivity contribution is 0.187. The fourth-order valence-electron chi connectivity index (χ4n) is 2.94. The molecule has 2 nitrogen and oxygen atoms in total. The Morgan fingerprint density at radius 3 is 2.48 bits per heavy atom. The second-order valence-electron chi connectivity index (χ2n) is 5.06. The number of rotatable bonds is 2. The molecule has 1 unspecified atom stereocenters. The highest BCUT2D eigenvalue weighted by Gasteiger charge is 2.28. The molecule has 21 heavy (non-hydrogen) atoms. The zero-order valence-electron chi connectivity index (χ0n) is 11.5. The average molecular weight is 320 g/mol. The summed E-state index contributed by atoms with van der Waals surface area (Å²) in [5.41, 5.74) is 11.6. The Labute approximate surface area is 133 Å². The molecule has 0 fully saturated rings. The fraction of sp³-hybridized carbons (Fsp3) is 0.176. The zero-order valence-corrected chi connectivity index (χ0v) is 13.0. The van der Waals surface area contributed by atoms with Crippen LogP contribution in [-0.4, -0.2) is 11.7 Å². The number of allylic oxidation sites excluding steroid dienone is 1. The molecule has 1 atom stereocenters. The quantitative estimate of drug-likeness (QED) is 0.734. The molecule has 0 aliphatic heterocycles. The van der Waals surface area contributed by atoms with Gasteiger partial charge in [0.25, 0.3) is 0 Å². The highest BCUT2D eigenvalue weighted by atomic mass is 35.5. The first-order valence-electron chi connectivity index (χ1n) is 6.75. The van der Waals surface area contributed by atoms with E-state index < -0.39 is 6.10 Å². The van der Waals surface area contributed by atoms with Crippen LogP contribution in [0.15, 0.2) is 36.4 Å². The summed E-state index contributed by atoms with van der Waals surface area (Å²) in [4.78, 5) is 0. The van der Waals surface area contributed by atoms with Crippen LogP contribution >= 0.6 is 23.2 Å². The Morgan fingerprint density at radius 2 is 1.81 bits per heavy atom. The normalized spacial score (nSPS) is 16.0. The van der Waals surface area contributed by atoms with Gasteiger partial charge in [0.1, 0.15) is 0 Å². The molecule has 0 aromatic heterocycles. The minimum Gasteiger partial charge on any atom is -0.387 e. The van der Waals surface area contributed by atoms with Crippen LogP contribution < -0.4 is 5.73 Å². The number of hydrogen-bond acceptors (Lipinski definition) is 2. The molecule has 0 radical (unpaired) electrons. The summed E-state index contributed by atoms with van der Waals surface area (Å²) in [6, 6.07) is 9.49. The van der Waals surface area contributed by atoms with Gasteiger partial charge in [-0.3, -0.25) is 0 Å². The van der Waals surface area contributed by atoms with E-state index in [2.05, 4.69) is 0 Å². The van der Waals surface area contributed by atoms with E-state index in [1.54, 1.807) is 6.07 Å². The first kappa shape index (κ1) is 14.6. The van der Waals surface area contributed by atoms with Crippen molar-refractivity contribution in [2.24, 2.45) is 5.73 Å². The van der Waals surface area contributed by atoms with Crippen molar-refractivity contribution in [2.45, 2.75) is 13.0 Å². The molecule has 3 rings (SSSR count). The van der Waals surface area contributed by atoms with Gasteiger partial charge in [-0.05, 0) is 64.6 Å². The molecular weight excluding hydrogens is 305 g/mol. The lowest BCUT2D eigenvalue weighted by Crippen LogP contribution is -2.12. The van der Waals surface area contributed by atoms with Gasteiger partial charge in [0.2, 0.25) is 0 Å². The van der Waals surface area contributed by atoms with E-state index in [0.29, 0.717) is 10.0 Å². The molecular formula is C17H15Cl2NO. The first-order chi connectivity index (χ1) is 10.1. The van der Waals surface area contributed by atoms with Crippen molar-refractivity contribution in [2.75, 3.05) is 6.54 Å². The maximum absolute atomic E-state index is 10.2. The number of fused-ring (bicyclic) bond motifs is 3. The van der Waals surface area contributed by atoms with E-state index in [-0.39, 0.29) is 6.54 Å². The van der Waals surface area contributed by atoms with Crippen LogP contribution in [0.2, 0.25) is 10.0 Å². The third-order valence-corrected chi connectivity index (χ3v) is 4.29. The molecule has 0 bridgehead atoms.